The van der Waals surface area contributed by atoms with Gasteiger partial charge >= 0.3 is 0 Å². The van der Waals surface area contributed by atoms with E-state index in [1.54, 1.807) is 24.3 Å². The Morgan fingerprint density at radius 2 is 1.80 bits per heavy atom. The normalized spacial score (nSPS) is 15.7. The van der Waals surface area contributed by atoms with Gasteiger partial charge in [-0.1, -0.05) is 30.7 Å². The zero-order valence-corrected chi connectivity index (χ0v) is 18.8. The molecule has 1 aliphatic heterocycles. The van der Waals surface area contributed by atoms with Crippen LogP contribution in [-0.4, -0.2) is 51.9 Å². The van der Waals surface area contributed by atoms with Gasteiger partial charge in [-0.2, -0.15) is 0 Å². The number of hydrogen-bond donors (Lipinski definition) is 1. The molecule has 7 heteroatoms. The molecule has 2 aromatic rings. The fraction of sp³-hybridized carbons (Fsp3) is 0.435. The molecule has 1 fully saturated rings. The lowest BCUT2D eigenvalue weighted by atomic mass is 10.0. The summed E-state index contributed by atoms with van der Waals surface area (Å²) in [4.78, 5) is 15.3. The van der Waals surface area contributed by atoms with E-state index in [2.05, 4.69) is 17.1 Å². The highest BCUT2D eigenvalue weighted by Gasteiger charge is 2.24. The number of carbonyl (C=O) groups is 1. The molecule has 30 heavy (non-hydrogen) atoms. The molecular formula is C23H31N3O3S. The molecule has 0 unspecified atom stereocenters. The van der Waals surface area contributed by atoms with Gasteiger partial charge in [-0.05, 0) is 63.1 Å². The predicted molar refractivity (Wildman–Crippen MR) is 120 cm³/mol. The van der Waals surface area contributed by atoms with Gasteiger partial charge in [-0.25, -0.2) is 8.42 Å². The molecule has 0 bridgehead atoms. The number of nitrogens with zero attached hydrogens (tertiary/aromatic N) is 2. The van der Waals surface area contributed by atoms with Gasteiger partial charge in [0.15, 0.2) is 0 Å². The van der Waals surface area contributed by atoms with E-state index in [1.807, 2.05) is 19.1 Å². The summed E-state index contributed by atoms with van der Waals surface area (Å²) in [5.74, 6) is -0.223. The third-order valence-corrected chi connectivity index (χ3v) is 7.40. The zero-order valence-electron chi connectivity index (χ0n) is 18.0. The molecule has 1 heterocycles. The minimum atomic E-state index is -3.76. The van der Waals surface area contributed by atoms with Crippen molar-refractivity contribution >= 4 is 21.6 Å². The van der Waals surface area contributed by atoms with Gasteiger partial charge in [0.05, 0.1) is 10.6 Å². The Morgan fingerprint density at radius 3 is 2.43 bits per heavy atom. The van der Waals surface area contributed by atoms with E-state index in [-0.39, 0.29) is 16.8 Å². The SMILES string of the molecule is CCCN1CCC(NC(=O)c2cccc(S(=O)(=O)N(C)c3ccc(C)cc3)c2)CC1. The number of nitrogens with one attached hydrogen (secondary N) is 1. The minimum absolute atomic E-state index is 0.107. The number of aryl methyl sites for hydroxylation is 1. The van der Waals surface area contributed by atoms with E-state index in [4.69, 9.17) is 0 Å². The van der Waals surface area contributed by atoms with Gasteiger partial charge < -0.3 is 10.2 Å². The number of sulfonamides is 1. The van der Waals surface area contributed by atoms with Crippen LogP contribution in [0.15, 0.2) is 53.4 Å². The minimum Gasteiger partial charge on any atom is -0.349 e. The van der Waals surface area contributed by atoms with Crippen LogP contribution in [0.1, 0.15) is 42.1 Å². The Kier molecular flexibility index (Phi) is 7.15. The number of carbonyl (C=O) groups excluding carboxylic acids is 1. The molecule has 3 rings (SSSR count). The molecule has 1 N–H and O–H groups in total. The second kappa shape index (κ2) is 9.62. The maximum absolute atomic E-state index is 13.1. The number of likely N-dealkylation sites (tertiary alicyclic amines) is 1. The lowest BCUT2D eigenvalue weighted by molar-refractivity contribution is 0.0911. The summed E-state index contributed by atoms with van der Waals surface area (Å²) < 4.78 is 27.4. The second-order valence-electron chi connectivity index (χ2n) is 7.93. The summed E-state index contributed by atoms with van der Waals surface area (Å²) in [5, 5.41) is 3.07. The molecule has 0 saturated carbocycles. The predicted octanol–water partition coefficient (Wildman–Crippen LogP) is 3.42. The van der Waals surface area contributed by atoms with Crippen molar-refractivity contribution in [3.05, 3.63) is 59.7 Å². The molecule has 0 radical (unpaired) electrons. The van der Waals surface area contributed by atoms with Crippen LogP contribution in [0.3, 0.4) is 0 Å². The highest BCUT2D eigenvalue weighted by Crippen LogP contribution is 2.23. The summed E-state index contributed by atoms with van der Waals surface area (Å²) in [6, 6.07) is 13.7. The number of hydrogen-bond acceptors (Lipinski definition) is 4. The third kappa shape index (κ3) is 5.21. The van der Waals surface area contributed by atoms with Crippen LogP contribution < -0.4 is 9.62 Å². The summed E-state index contributed by atoms with van der Waals surface area (Å²) in [6.45, 7) is 7.18. The average Bonchev–Trinajstić information content (AvgIpc) is 2.75. The molecular weight excluding hydrogens is 398 g/mol. The van der Waals surface area contributed by atoms with Crippen LogP contribution in [-0.2, 0) is 10.0 Å². The van der Waals surface area contributed by atoms with Crippen molar-refractivity contribution in [2.75, 3.05) is 31.0 Å². The van der Waals surface area contributed by atoms with Crippen LogP contribution >= 0.6 is 0 Å². The number of amides is 1. The molecule has 0 aliphatic carbocycles. The van der Waals surface area contributed by atoms with Crippen molar-refractivity contribution in [1.82, 2.24) is 10.2 Å². The Morgan fingerprint density at radius 1 is 1.13 bits per heavy atom. The highest BCUT2D eigenvalue weighted by molar-refractivity contribution is 7.92. The van der Waals surface area contributed by atoms with E-state index < -0.39 is 10.0 Å². The molecule has 1 aliphatic rings. The summed E-state index contributed by atoms with van der Waals surface area (Å²) in [5.41, 5.74) is 2.00. The Bertz CT molecular complexity index is 965. The molecule has 162 valence electrons. The smallest absolute Gasteiger partial charge is 0.264 e. The van der Waals surface area contributed by atoms with E-state index in [1.165, 1.54) is 23.5 Å². The van der Waals surface area contributed by atoms with Crippen molar-refractivity contribution in [3.63, 3.8) is 0 Å². The second-order valence-corrected chi connectivity index (χ2v) is 9.89. The first kappa shape index (κ1) is 22.3. The topological polar surface area (TPSA) is 69.7 Å². The summed E-state index contributed by atoms with van der Waals surface area (Å²) >= 11 is 0. The van der Waals surface area contributed by atoms with Crippen molar-refractivity contribution in [1.29, 1.82) is 0 Å². The lowest BCUT2D eigenvalue weighted by Crippen LogP contribution is -2.44. The van der Waals surface area contributed by atoms with Crippen molar-refractivity contribution < 1.29 is 13.2 Å². The van der Waals surface area contributed by atoms with E-state index in [0.717, 1.165) is 44.5 Å². The first-order valence-electron chi connectivity index (χ1n) is 10.5. The Balaban J connectivity index is 1.70. The van der Waals surface area contributed by atoms with E-state index in [9.17, 15) is 13.2 Å². The van der Waals surface area contributed by atoms with Gasteiger partial charge in [0.2, 0.25) is 0 Å². The van der Waals surface area contributed by atoms with Crippen LogP contribution in [0.2, 0.25) is 0 Å². The standard InChI is InChI=1S/C23H31N3O3S/c1-4-14-26-15-12-20(13-16-26)24-23(27)19-6-5-7-22(17-19)30(28,29)25(3)21-10-8-18(2)9-11-21/h5-11,17,20H,4,12-16H2,1-3H3,(H,24,27). The fourth-order valence-electron chi connectivity index (χ4n) is 3.74. The number of benzene rings is 2. The van der Waals surface area contributed by atoms with Crippen molar-refractivity contribution in [3.8, 4) is 0 Å². The maximum Gasteiger partial charge on any atom is 0.264 e. The molecule has 0 aromatic heterocycles. The highest BCUT2D eigenvalue weighted by atomic mass is 32.2. The number of rotatable bonds is 7. The first-order valence-corrected chi connectivity index (χ1v) is 11.9. The van der Waals surface area contributed by atoms with Gasteiger partial charge in [-0.3, -0.25) is 9.10 Å². The monoisotopic (exact) mass is 429 g/mol. The third-order valence-electron chi connectivity index (χ3n) is 5.61. The quantitative estimate of drug-likeness (QED) is 0.732. The Hall–Kier alpha value is -2.38. The van der Waals surface area contributed by atoms with Crippen LogP contribution in [0.4, 0.5) is 5.69 Å². The molecule has 0 spiro atoms. The first-order chi connectivity index (χ1) is 14.3. The summed E-state index contributed by atoms with van der Waals surface area (Å²) in [7, 11) is -2.24. The lowest BCUT2D eigenvalue weighted by Gasteiger charge is -2.32. The Labute approximate surface area is 179 Å². The van der Waals surface area contributed by atoms with Gasteiger partial charge in [0, 0.05) is 31.7 Å². The maximum atomic E-state index is 13.1. The van der Waals surface area contributed by atoms with Crippen LogP contribution in [0.25, 0.3) is 0 Å². The van der Waals surface area contributed by atoms with Gasteiger partial charge in [-0.15, -0.1) is 0 Å². The number of anilines is 1. The molecule has 0 atom stereocenters. The van der Waals surface area contributed by atoms with Crippen LogP contribution in [0.5, 0.6) is 0 Å². The molecule has 1 saturated heterocycles. The fourth-order valence-corrected chi connectivity index (χ4v) is 4.98. The van der Waals surface area contributed by atoms with Gasteiger partial charge in [0.1, 0.15) is 0 Å². The van der Waals surface area contributed by atoms with Crippen molar-refractivity contribution in [2.24, 2.45) is 0 Å². The zero-order chi connectivity index (χ0) is 21.7. The van der Waals surface area contributed by atoms with E-state index >= 15 is 0 Å². The number of piperidine rings is 1. The largest absolute Gasteiger partial charge is 0.349 e. The molecule has 6 nitrogen and oxygen atoms in total. The summed E-state index contributed by atoms with van der Waals surface area (Å²) in [6.07, 6.45) is 2.97. The average molecular weight is 430 g/mol. The molecule has 1 amide bonds. The van der Waals surface area contributed by atoms with Gasteiger partial charge in [0.25, 0.3) is 15.9 Å². The molecule has 2 aromatic carbocycles. The van der Waals surface area contributed by atoms with Crippen molar-refractivity contribution in [2.45, 2.75) is 44.0 Å². The van der Waals surface area contributed by atoms with E-state index in [0.29, 0.717) is 11.3 Å². The van der Waals surface area contributed by atoms with Crippen LogP contribution in [0, 0.1) is 6.92 Å².